The summed E-state index contributed by atoms with van der Waals surface area (Å²) in [6.45, 7) is -0.112. The number of aliphatic hydroxyl groups excluding tert-OH is 1. The average molecular weight is 241 g/mol. The van der Waals surface area contributed by atoms with Gasteiger partial charge in [-0.05, 0) is 30.3 Å². The molecule has 0 saturated heterocycles. The van der Waals surface area contributed by atoms with Crippen molar-refractivity contribution in [2.75, 3.05) is 5.73 Å². The Bertz CT molecular complexity index is 706. The number of benzene rings is 1. The molecule has 0 aliphatic carbocycles. The van der Waals surface area contributed by atoms with E-state index in [1.165, 1.54) is 6.33 Å². The van der Waals surface area contributed by atoms with Crippen LogP contribution in [0.15, 0.2) is 41.1 Å². The number of aliphatic hydroxyl groups is 1. The van der Waals surface area contributed by atoms with Crippen LogP contribution in [0, 0.1) is 0 Å². The molecule has 0 aliphatic heterocycles. The third-order valence-electron chi connectivity index (χ3n) is 2.77. The molecule has 3 N–H and O–H groups in total. The Morgan fingerprint density at radius 3 is 2.83 bits per heavy atom. The van der Waals surface area contributed by atoms with E-state index in [9.17, 15) is 0 Å². The summed E-state index contributed by atoms with van der Waals surface area (Å²) in [4.78, 5) is 8.10. The fourth-order valence-electron chi connectivity index (χ4n) is 1.85. The van der Waals surface area contributed by atoms with Crippen molar-refractivity contribution in [2.45, 2.75) is 6.61 Å². The fourth-order valence-corrected chi connectivity index (χ4v) is 1.85. The van der Waals surface area contributed by atoms with Gasteiger partial charge in [-0.25, -0.2) is 9.97 Å². The molecule has 2 aromatic heterocycles. The number of fused-ring (bicyclic) bond motifs is 1. The Labute approximate surface area is 103 Å². The predicted octanol–water partition coefficient (Wildman–Crippen LogP) is 1.96. The van der Waals surface area contributed by atoms with Crippen LogP contribution in [0.2, 0.25) is 0 Å². The molecule has 0 atom stereocenters. The second-order valence-electron chi connectivity index (χ2n) is 3.91. The van der Waals surface area contributed by atoms with Gasteiger partial charge in [0.25, 0.3) is 0 Å². The first-order valence-corrected chi connectivity index (χ1v) is 5.48. The smallest absolute Gasteiger partial charge is 0.134 e. The molecule has 0 unspecified atom stereocenters. The number of furan rings is 1. The first-order valence-electron chi connectivity index (χ1n) is 5.48. The SMILES string of the molecule is Nc1ncnc2ccc(-c3ccc(CO)o3)cc12. The molecule has 1 aromatic carbocycles. The maximum atomic E-state index is 8.98. The van der Waals surface area contributed by atoms with Crippen molar-refractivity contribution >= 4 is 16.7 Å². The van der Waals surface area contributed by atoms with E-state index < -0.39 is 0 Å². The van der Waals surface area contributed by atoms with Crippen LogP contribution in [0.1, 0.15) is 5.76 Å². The van der Waals surface area contributed by atoms with Gasteiger partial charge in [0.1, 0.15) is 30.3 Å². The third-order valence-corrected chi connectivity index (χ3v) is 2.77. The molecule has 5 heteroatoms. The molecule has 0 radical (unpaired) electrons. The van der Waals surface area contributed by atoms with E-state index in [1.54, 1.807) is 6.07 Å². The van der Waals surface area contributed by atoms with Crippen molar-refractivity contribution in [2.24, 2.45) is 0 Å². The molecule has 0 amide bonds. The van der Waals surface area contributed by atoms with Gasteiger partial charge < -0.3 is 15.3 Å². The number of aromatic nitrogens is 2. The van der Waals surface area contributed by atoms with E-state index in [0.717, 1.165) is 16.5 Å². The minimum Gasteiger partial charge on any atom is -0.459 e. The molecule has 90 valence electrons. The molecular formula is C13H11N3O2. The van der Waals surface area contributed by atoms with Crippen molar-refractivity contribution in [1.29, 1.82) is 0 Å². The van der Waals surface area contributed by atoms with E-state index in [2.05, 4.69) is 9.97 Å². The standard InChI is InChI=1S/C13H11N3O2/c14-13-10-5-8(1-3-11(10)15-7-16-13)12-4-2-9(6-17)18-12/h1-5,7,17H,6H2,(H2,14,15,16). The van der Waals surface area contributed by atoms with Crippen LogP contribution in [0.25, 0.3) is 22.2 Å². The zero-order valence-corrected chi connectivity index (χ0v) is 9.50. The number of hydrogen-bond acceptors (Lipinski definition) is 5. The predicted molar refractivity (Wildman–Crippen MR) is 67.6 cm³/mol. The molecule has 3 rings (SSSR count). The number of anilines is 1. The number of rotatable bonds is 2. The van der Waals surface area contributed by atoms with Crippen LogP contribution in [0.3, 0.4) is 0 Å². The molecule has 0 bridgehead atoms. The zero-order valence-electron chi connectivity index (χ0n) is 9.50. The Morgan fingerprint density at radius 2 is 2.06 bits per heavy atom. The summed E-state index contributed by atoms with van der Waals surface area (Å²) >= 11 is 0. The topological polar surface area (TPSA) is 85.2 Å². The summed E-state index contributed by atoms with van der Waals surface area (Å²) in [6, 6.07) is 9.19. The van der Waals surface area contributed by atoms with Crippen molar-refractivity contribution < 1.29 is 9.52 Å². The average Bonchev–Trinajstić information content (AvgIpc) is 2.88. The van der Waals surface area contributed by atoms with Gasteiger partial charge in [0.2, 0.25) is 0 Å². The van der Waals surface area contributed by atoms with Gasteiger partial charge in [-0.15, -0.1) is 0 Å². The highest BCUT2D eigenvalue weighted by molar-refractivity contribution is 5.90. The minimum atomic E-state index is -0.112. The molecule has 3 aromatic rings. The number of nitrogens with zero attached hydrogens (tertiary/aromatic N) is 2. The number of nitrogen functional groups attached to an aromatic ring is 1. The molecule has 0 saturated carbocycles. The highest BCUT2D eigenvalue weighted by Crippen LogP contribution is 2.27. The van der Waals surface area contributed by atoms with Crippen LogP contribution in [0.4, 0.5) is 5.82 Å². The van der Waals surface area contributed by atoms with Crippen LogP contribution >= 0.6 is 0 Å². The van der Waals surface area contributed by atoms with Crippen molar-refractivity contribution in [3.8, 4) is 11.3 Å². The van der Waals surface area contributed by atoms with Gasteiger partial charge in [-0.2, -0.15) is 0 Å². The summed E-state index contributed by atoms with van der Waals surface area (Å²) in [6.07, 6.45) is 1.44. The molecular weight excluding hydrogens is 230 g/mol. The highest BCUT2D eigenvalue weighted by Gasteiger charge is 2.07. The van der Waals surface area contributed by atoms with Gasteiger partial charge in [-0.1, -0.05) is 0 Å². The summed E-state index contributed by atoms with van der Waals surface area (Å²) in [5.41, 5.74) is 7.48. The van der Waals surface area contributed by atoms with Gasteiger partial charge in [0.05, 0.1) is 5.52 Å². The van der Waals surface area contributed by atoms with Crippen molar-refractivity contribution in [3.63, 3.8) is 0 Å². The van der Waals surface area contributed by atoms with Crippen LogP contribution in [-0.2, 0) is 6.61 Å². The second-order valence-corrected chi connectivity index (χ2v) is 3.91. The van der Waals surface area contributed by atoms with Crippen LogP contribution < -0.4 is 5.73 Å². The van der Waals surface area contributed by atoms with Crippen molar-refractivity contribution in [3.05, 3.63) is 42.4 Å². The lowest BCUT2D eigenvalue weighted by atomic mass is 10.1. The second kappa shape index (κ2) is 4.12. The van der Waals surface area contributed by atoms with E-state index in [-0.39, 0.29) is 6.61 Å². The summed E-state index contributed by atoms with van der Waals surface area (Å²) in [5, 5.41) is 9.77. The lowest BCUT2D eigenvalue weighted by molar-refractivity contribution is 0.248. The number of hydrogen-bond donors (Lipinski definition) is 2. The molecule has 0 fully saturated rings. The fraction of sp³-hybridized carbons (Fsp3) is 0.0769. The maximum Gasteiger partial charge on any atom is 0.134 e. The Kier molecular flexibility index (Phi) is 2.46. The lowest BCUT2D eigenvalue weighted by Gasteiger charge is -2.02. The van der Waals surface area contributed by atoms with E-state index >= 15 is 0 Å². The van der Waals surface area contributed by atoms with Gasteiger partial charge in [0.15, 0.2) is 0 Å². The molecule has 0 aliphatic rings. The van der Waals surface area contributed by atoms with Crippen LogP contribution in [-0.4, -0.2) is 15.1 Å². The normalized spacial score (nSPS) is 10.9. The third kappa shape index (κ3) is 1.70. The van der Waals surface area contributed by atoms with Crippen molar-refractivity contribution in [1.82, 2.24) is 9.97 Å². The Morgan fingerprint density at radius 1 is 1.17 bits per heavy atom. The first-order chi connectivity index (χ1) is 8.78. The molecule has 18 heavy (non-hydrogen) atoms. The number of nitrogens with two attached hydrogens (primary N) is 1. The van der Waals surface area contributed by atoms with Crippen LogP contribution in [0.5, 0.6) is 0 Å². The quantitative estimate of drug-likeness (QED) is 0.716. The van der Waals surface area contributed by atoms with Gasteiger partial charge in [-0.3, -0.25) is 0 Å². The van der Waals surface area contributed by atoms with E-state index in [0.29, 0.717) is 17.3 Å². The van der Waals surface area contributed by atoms with Gasteiger partial charge in [0, 0.05) is 10.9 Å². The zero-order chi connectivity index (χ0) is 12.5. The Hall–Kier alpha value is -2.40. The minimum absolute atomic E-state index is 0.112. The van der Waals surface area contributed by atoms with E-state index in [4.69, 9.17) is 15.3 Å². The maximum absolute atomic E-state index is 8.98. The molecule has 0 spiro atoms. The van der Waals surface area contributed by atoms with Gasteiger partial charge >= 0.3 is 0 Å². The summed E-state index contributed by atoms with van der Waals surface area (Å²) in [7, 11) is 0. The molecule has 5 nitrogen and oxygen atoms in total. The van der Waals surface area contributed by atoms with E-state index in [1.807, 2.05) is 24.3 Å². The Balaban J connectivity index is 2.15. The molecule has 2 heterocycles. The first kappa shape index (κ1) is 10.7. The monoisotopic (exact) mass is 241 g/mol. The summed E-state index contributed by atoms with van der Waals surface area (Å²) in [5.74, 6) is 1.65. The largest absolute Gasteiger partial charge is 0.459 e. The highest BCUT2D eigenvalue weighted by atomic mass is 16.4. The summed E-state index contributed by atoms with van der Waals surface area (Å²) < 4.78 is 5.48. The lowest BCUT2D eigenvalue weighted by Crippen LogP contribution is -1.93.